The number of sulfonamides is 2. The van der Waals surface area contributed by atoms with Crippen LogP contribution in [0, 0.1) is 0 Å². The molecule has 10 heteroatoms. The zero-order valence-electron chi connectivity index (χ0n) is 13.4. The van der Waals surface area contributed by atoms with Crippen molar-refractivity contribution >= 4 is 31.4 Å². The highest BCUT2D eigenvalue weighted by Gasteiger charge is 2.29. The molecule has 1 aliphatic heterocycles. The Labute approximate surface area is 151 Å². The molecule has 1 aromatic carbocycles. The molecule has 1 saturated heterocycles. The van der Waals surface area contributed by atoms with E-state index in [9.17, 15) is 16.8 Å². The van der Waals surface area contributed by atoms with Gasteiger partial charge in [-0.15, -0.1) is 11.3 Å². The summed E-state index contributed by atoms with van der Waals surface area (Å²) in [5, 5.41) is 7.11. The molecule has 0 radical (unpaired) electrons. The maximum Gasteiger partial charge on any atom is 0.243 e. The molecule has 2 aromatic rings. The minimum Gasteiger partial charge on any atom is -0.296 e. The first-order valence-electron chi connectivity index (χ1n) is 7.64. The summed E-state index contributed by atoms with van der Waals surface area (Å²) >= 11 is 1.68. The lowest BCUT2D eigenvalue weighted by molar-refractivity contribution is 0.183. The highest BCUT2D eigenvalue weighted by Crippen LogP contribution is 2.21. The number of piperazine rings is 1. The van der Waals surface area contributed by atoms with Crippen molar-refractivity contribution in [3.05, 3.63) is 46.7 Å². The van der Waals surface area contributed by atoms with Gasteiger partial charge in [0.1, 0.15) is 0 Å². The van der Waals surface area contributed by atoms with Crippen LogP contribution >= 0.6 is 11.3 Å². The second kappa shape index (κ2) is 7.14. The molecule has 0 saturated carbocycles. The van der Waals surface area contributed by atoms with Gasteiger partial charge in [-0.05, 0) is 29.6 Å². The van der Waals surface area contributed by atoms with Crippen molar-refractivity contribution < 1.29 is 16.8 Å². The molecule has 2 heterocycles. The zero-order chi connectivity index (χ0) is 18.1. The Balaban J connectivity index is 1.72. The van der Waals surface area contributed by atoms with Gasteiger partial charge < -0.3 is 0 Å². The van der Waals surface area contributed by atoms with E-state index in [4.69, 9.17) is 5.14 Å². The fraction of sp³-hybridized carbons (Fsp3) is 0.333. The average molecular weight is 402 g/mol. The molecular formula is C15H19N3O4S3. The van der Waals surface area contributed by atoms with Gasteiger partial charge in [0, 0.05) is 37.6 Å². The number of nitrogens with two attached hydrogens (primary N) is 1. The Morgan fingerprint density at radius 3 is 2.24 bits per heavy atom. The molecule has 0 bridgehead atoms. The summed E-state index contributed by atoms with van der Waals surface area (Å²) in [7, 11) is -7.69. The van der Waals surface area contributed by atoms with Crippen molar-refractivity contribution in [3.63, 3.8) is 0 Å². The first-order chi connectivity index (χ1) is 11.8. The number of nitrogens with zero attached hydrogens (tertiary/aromatic N) is 2. The molecule has 1 fully saturated rings. The van der Waals surface area contributed by atoms with Gasteiger partial charge in [0.25, 0.3) is 0 Å². The van der Waals surface area contributed by atoms with Crippen molar-refractivity contribution in [1.29, 1.82) is 0 Å². The number of rotatable bonds is 5. The van der Waals surface area contributed by atoms with E-state index in [1.54, 1.807) is 11.3 Å². The first-order valence-corrected chi connectivity index (χ1v) is 11.5. The van der Waals surface area contributed by atoms with Crippen LogP contribution in [0.25, 0.3) is 0 Å². The lowest BCUT2D eigenvalue weighted by Crippen LogP contribution is -2.48. The van der Waals surface area contributed by atoms with E-state index in [-0.39, 0.29) is 9.79 Å². The maximum absolute atomic E-state index is 12.8. The van der Waals surface area contributed by atoms with Gasteiger partial charge in [-0.25, -0.2) is 22.0 Å². The molecule has 0 aliphatic carbocycles. The third-order valence-corrected chi connectivity index (χ3v) is 7.73. The maximum atomic E-state index is 12.8. The van der Waals surface area contributed by atoms with Gasteiger partial charge in [-0.3, -0.25) is 4.90 Å². The third kappa shape index (κ3) is 4.27. The highest BCUT2D eigenvalue weighted by atomic mass is 32.2. The van der Waals surface area contributed by atoms with E-state index in [0.29, 0.717) is 26.2 Å². The van der Waals surface area contributed by atoms with E-state index >= 15 is 0 Å². The van der Waals surface area contributed by atoms with Gasteiger partial charge in [-0.1, -0.05) is 12.1 Å². The predicted molar refractivity (Wildman–Crippen MR) is 96.2 cm³/mol. The number of hydrogen-bond acceptors (Lipinski definition) is 6. The van der Waals surface area contributed by atoms with Crippen LogP contribution in [0.5, 0.6) is 0 Å². The molecule has 0 atom stereocenters. The summed E-state index contributed by atoms with van der Waals surface area (Å²) in [6, 6.07) is 9.24. The van der Waals surface area contributed by atoms with Crippen LogP contribution in [-0.4, -0.2) is 52.2 Å². The van der Waals surface area contributed by atoms with Crippen LogP contribution in [0.2, 0.25) is 0 Å². The quantitative estimate of drug-likeness (QED) is 0.802. The van der Waals surface area contributed by atoms with Gasteiger partial charge in [-0.2, -0.15) is 4.31 Å². The second-order valence-electron chi connectivity index (χ2n) is 5.78. The van der Waals surface area contributed by atoms with E-state index in [0.717, 1.165) is 12.6 Å². The van der Waals surface area contributed by atoms with E-state index in [2.05, 4.69) is 11.0 Å². The van der Waals surface area contributed by atoms with Crippen LogP contribution in [0.4, 0.5) is 0 Å². The lowest BCUT2D eigenvalue weighted by atomic mass is 10.3. The molecule has 0 spiro atoms. The fourth-order valence-corrected chi connectivity index (χ4v) is 5.56. The number of hydrogen-bond donors (Lipinski definition) is 1. The summed E-state index contributed by atoms with van der Waals surface area (Å²) in [4.78, 5) is 3.20. The molecule has 2 N–H and O–H groups in total. The standard InChI is InChI=1S/C15H19N3O4S3/c16-24(19,20)14-4-1-5-15(11-14)25(21,22)18-8-6-17(7-9-18)12-13-3-2-10-23-13/h1-5,10-11H,6-9,12H2,(H2,16,19,20). The van der Waals surface area contributed by atoms with Gasteiger partial charge in [0.05, 0.1) is 9.79 Å². The van der Waals surface area contributed by atoms with Crippen LogP contribution in [0.1, 0.15) is 4.88 Å². The average Bonchev–Trinajstić information content (AvgIpc) is 3.08. The van der Waals surface area contributed by atoms with E-state index in [1.165, 1.54) is 27.4 Å². The van der Waals surface area contributed by atoms with Gasteiger partial charge in [0.2, 0.25) is 20.0 Å². The minimum absolute atomic E-state index is 0.0502. The summed E-state index contributed by atoms with van der Waals surface area (Å²) < 4.78 is 49.8. The highest BCUT2D eigenvalue weighted by molar-refractivity contribution is 7.90. The molecule has 0 amide bonds. The van der Waals surface area contributed by atoms with Crippen molar-refractivity contribution in [2.24, 2.45) is 5.14 Å². The summed E-state index contributed by atoms with van der Waals surface area (Å²) in [5.74, 6) is 0. The smallest absolute Gasteiger partial charge is 0.243 e. The molecule has 1 aliphatic rings. The molecule has 0 unspecified atom stereocenters. The largest absolute Gasteiger partial charge is 0.296 e. The van der Waals surface area contributed by atoms with Crippen molar-refractivity contribution in [3.8, 4) is 0 Å². The van der Waals surface area contributed by atoms with Crippen LogP contribution in [-0.2, 0) is 26.6 Å². The zero-order valence-corrected chi connectivity index (χ0v) is 15.9. The Bertz CT molecular complexity index is 932. The SMILES string of the molecule is NS(=O)(=O)c1cccc(S(=O)(=O)N2CCN(Cc3cccs3)CC2)c1. The molecule has 3 rings (SSSR count). The molecule has 25 heavy (non-hydrogen) atoms. The fourth-order valence-electron chi connectivity index (χ4n) is 2.71. The number of thiophene rings is 1. The van der Waals surface area contributed by atoms with Gasteiger partial charge in [0.15, 0.2) is 0 Å². The third-order valence-electron chi connectivity index (χ3n) is 4.06. The van der Waals surface area contributed by atoms with Crippen molar-refractivity contribution in [2.45, 2.75) is 16.3 Å². The minimum atomic E-state index is -3.94. The normalized spacial score (nSPS) is 17.6. The van der Waals surface area contributed by atoms with Crippen LogP contribution in [0.3, 0.4) is 0 Å². The Hall–Kier alpha value is -1.30. The number of benzene rings is 1. The molecule has 7 nitrogen and oxygen atoms in total. The molecule has 1 aromatic heterocycles. The Morgan fingerprint density at radius 1 is 0.960 bits per heavy atom. The molecular weight excluding hydrogens is 382 g/mol. The Morgan fingerprint density at radius 2 is 1.64 bits per heavy atom. The first kappa shape index (κ1) is 18.5. The van der Waals surface area contributed by atoms with Crippen molar-refractivity contribution in [2.75, 3.05) is 26.2 Å². The molecule has 136 valence electrons. The Kier molecular flexibility index (Phi) is 5.28. The van der Waals surface area contributed by atoms with Crippen LogP contribution < -0.4 is 5.14 Å². The topological polar surface area (TPSA) is 101 Å². The monoisotopic (exact) mass is 401 g/mol. The predicted octanol–water partition coefficient (Wildman–Crippen LogP) is 0.902. The lowest BCUT2D eigenvalue weighted by Gasteiger charge is -2.33. The second-order valence-corrected chi connectivity index (χ2v) is 10.3. The summed E-state index contributed by atoms with van der Waals surface area (Å²) in [5.41, 5.74) is 0. The van der Waals surface area contributed by atoms with Crippen LogP contribution in [0.15, 0.2) is 51.6 Å². The summed E-state index contributed by atoms with van der Waals surface area (Å²) in [6.45, 7) is 2.81. The van der Waals surface area contributed by atoms with Crippen molar-refractivity contribution in [1.82, 2.24) is 9.21 Å². The summed E-state index contributed by atoms with van der Waals surface area (Å²) in [6.07, 6.45) is 0. The van der Waals surface area contributed by atoms with E-state index < -0.39 is 20.0 Å². The van der Waals surface area contributed by atoms with E-state index in [1.807, 2.05) is 11.4 Å². The number of primary sulfonamides is 1. The van der Waals surface area contributed by atoms with Gasteiger partial charge >= 0.3 is 0 Å².